The summed E-state index contributed by atoms with van der Waals surface area (Å²) in [5.41, 5.74) is 2.68. The van der Waals surface area contributed by atoms with Gasteiger partial charge >= 0.3 is 6.03 Å². The number of hydrogen-bond donors (Lipinski definition) is 2. The third-order valence-electron chi connectivity index (χ3n) is 8.67. The second-order valence-electron chi connectivity index (χ2n) is 10.3. The molecule has 2 amide bonds. The van der Waals surface area contributed by atoms with Crippen LogP contribution in [0.4, 0.5) is 16.2 Å². The molecule has 2 N–H and O–H groups in total. The van der Waals surface area contributed by atoms with Crippen molar-refractivity contribution in [1.82, 2.24) is 10.2 Å². The molecule has 4 fully saturated rings. The zero-order valence-corrected chi connectivity index (χ0v) is 18.4. The molecule has 0 radical (unpaired) electrons. The molecule has 1 aromatic rings. The minimum atomic E-state index is -0.111. The average Bonchev–Trinajstić information content (AvgIpc) is 2.76. The number of likely N-dealkylation sites (tertiary alicyclic amines) is 1. The summed E-state index contributed by atoms with van der Waals surface area (Å²) in [5.74, 6) is 0.487. The summed E-state index contributed by atoms with van der Waals surface area (Å²) in [6, 6.07) is 9.71. The number of benzene rings is 1. The Morgan fingerprint density at radius 1 is 1.07 bits per heavy atom. The molecule has 3 heterocycles. The van der Waals surface area contributed by atoms with E-state index in [9.17, 15) is 4.79 Å². The van der Waals surface area contributed by atoms with Gasteiger partial charge in [0.2, 0.25) is 0 Å². The SMILES string of the molecule is CC12CC3CN(c4ccc(N5CCCCC5)cc4)C1CC2(C)N(C(=O)NCCO)C3. The van der Waals surface area contributed by atoms with Gasteiger partial charge in [0.15, 0.2) is 0 Å². The van der Waals surface area contributed by atoms with Crippen LogP contribution < -0.4 is 15.1 Å². The van der Waals surface area contributed by atoms with Gasteiger partial charge in [-0.05, 0) is 69.2 Å². The maximum atomic E-state index is 12.8. The zero-order valence-electron chi connectivity index (χ0n) is 18.4. The Morgan fingerprint density at radius 3 is 2.47 bits per heavy atom. The first-order chi connectivity index (χ1) is 14.5. The van der Waals surface area contributed by atoms with Crippen molar-refractivity contribution in [3.8, 4) is 0 Å². The largest absolute Gasteiger partial charge is 0.395 e. The monoisotopic (exact) mass is 412 g/mol. The molecule has 4 atom stereocenters. The van der Waals surface area contributed by atoms with Crippen LogP contribution in [0.2, 0.25) is 0 Å². The van der Waals surface area contributed by atoms with Gasteiger partial charge in [0.1, 0.15) is 0 Å². The topological polar surface area (TPSA) is 59.0 Å². The molecule has 5 rings (SSSR count). The number of amides is 2. The number of carbonyl (C=O) groups excluding carboxylic acids is 1. The van der Waals surface area contributed by atoms with Crippen LogP contribution in [0.25, 0.3) is 0 Å². The van der Waals surface area contributed by atoms with E-state index >= 15 is 0 Å². The summed E-state index contributed by atoms with van der Waals surface area (Å²) in [6.07, 6.45) is 6.17. The molecular weight excluding hydrogens is 376 g/mol. The first kappa shape index (κ1) is 20.0. The van der Waals surface area contributed by atoms with Gasteiger partial charge in [-0.2, -0.15) is 0 Å². The Morgan fingerprint density at radius 2 is 1.77 bits per heavy atom. The predicted octanol–water partition coefficient (Wildman–Crippen LogP) is 3.06. The number of hydrogen-bond acceptors (Lipinski definition) is 4. The first-order valence-corrected chi connectivity index (χ1v) is 11.7. The second-order valence-corrected chi connectivity index (χ2v) is 10.3. The molecule has 3 saturated heterocycles. The highest BCUT2D eigenvalue weighted by Gasteiger charge is 2.70. The molecule has 0 spiro atoms. The van der Waals surface area contributed by atoms with E-state index in [1.165, 1.54) is 50.1 Å². The first-order valence-electron chi connectivity index (χ1n) is 11.7. The van der Waals surface area contributed by atoms with Crippen molar-refractivity contribution in [2.24, 2.45) is 11.3 Å². The lowest BCUT2D eigenvalue weighted by Gasteiger charge is -2.74. The summed E-state index contributed by atoms with van der Waals surface area (Å²) in [7, 11) is 0. The fourth-order valence-electron chi connectivity index (χ4n) is 6.80. The fraction of sp³-hybridized carbons (Fsp3) is 0.708. The van der Waals surface area contributed by atoms with Crippen molar-refractivity contribution in [1.29, 1.82) is 0 Å². The van der Waals surface area contributed by atoms with Crippen LogP contribution in [0.1, 0.15) is 46.0 Å². The van der Waals surface area contributed by atoms with Gasteiger partial charge in [0.05, 0.1) is 12.1 Å². The highest BCUT2D eigenvalue weighted by atomic mass is 16.3. The Kier molecular flexibility index (Phi) is 4.88. The number of carbonyl (C=O) groups is 1. The van der Waals surface area contributed by atoms with Crippen molar-refractivity contribution in [3.63, 3.8) is 0 Å². The van der Waals surface area contributed by atoms with Gasteiger partial charge in [0.25, 0.3) is 0 Å². The highest BCUT2D eigenvalue weighted by Crippen LogP contribution is 2.64. The predicted molar refractivity (Wildman–Crippen MR) is 120 cm³/mol. The van der Waals surface area contributed by atoms with E-state index in [-0.39, 0.29) is 23.6 Å². The van der Waals surface area contributed by atoms with Gasteiger partial charge in [-0.25, -0.2) is 4.79 Å². The molecule has 6 heteroatoms. The van der Waals surface area contributed by atoms with Gasteiger partial charge in [0, 0.05) is 55.6 Å². The normalized spacial score (nSPS) is 35.1. The lowest BCUT2D eigenvalue weighted by atomic mass is 9.45. The number of nitrogens with one attached hydrogen (secondary N) is 1. The molecule has 1 aliphatic carbocycles. The Bertz CT molecular complexity index is 793. The molecular formula is C24H36N4O2. The van der Waals surface area contributed by atoms with Crippen molar-refractivity contribution < 1.29 is 9.90 Å². The van der Waals surface area contributed by atoms with Crippen molar-refractivity contribution in [2.45, 2.75) is 57.5 Å². The van der Waals surface area contributed by atoms with Crippen LogP contribution in [-0.2, 0) is 0 Å². The molecule has 2 bridgehead atoms. The number of piperidine rings is 3. The van der Waals surface area contributed by atoms with Gasteiger partial charge in [-0.15, -0.1) is 0 Å². The number of urea groups is 1. The van der Waals surface area contributed by atoms with Crippen molar-refractivity contribution >= 4 is 17.4 Å². The smallest absolute Gasteiger partial charge is 0.317 e. The van der Waals surface area contributed by atoms with Crippen LogP contribution >= 0.6 is 0 Å². The van der Waals surface area contributed by atoms with Crippen LogP contribution in [0, 0.1) is 11.3 Å². The van der Waals surface area contributed by atoms with Crippen LogP contribution in [-0.4, -0.2) is 66.9 Å². The maximum Gasteiger partial charge on any atom is 0.317 e. The lowest BCUT2D eigenvalue weighted by molar-refractivity contribution is -0.161. The van der Waals surface area contributed by atoms with E-state index in [0.29, 0.717) is 18.5 Å². The summed E-state index contributed by atoms with van der Waals surface area (Å²) in [6.45, 7) is 9.14. The Labute approximate surface area is 180 Å². The van der Waals surface area contributed by atoms with Crippen LogP contribution in [0.15, 0.2) is 24.3 Å². The molecule has 1 aromatic carbocycles. The van der Waals surface area contributed by atoms with Gasteiger partial charge in [-0.3, -0.25) is 0 Å². The third kappa shape index (κ3) is 2.90. The number of anilines is 2. The molecule has 1 saturated carbocycles. The number of rotatable bonds is 4. The molecule has 4 unspecified atom stereocenters. The van der Waals surface area contributed by atoms with E-state index in [1.807, 2.05) is 0 Å². The van der Waals surface area contributed by atoms with Crippen LogP contribution in [0.3, 0.4) is 0 Å². The zero-order chi connectivity index (χ0) is 20.9. The standard InChI is InChI=1S/C24H36N4O2/c1-23-14-18-16-27(20-8-6-19(7-9-20)26-11-4-3-5-12-26)21(23)15-24(23,2)28(17-18)22(30)25-10-13-29/h6-9,18,21,29H,3-5,10-17H2,1-2H3,(H,25,30). The quantitative estimate of drug-likeness (QED) is 0.798. The molecule has 30 heavy (non-hydrogen) atoms. The number of nitrogens with zero attached hydrogens (tertiary/aromatic N) is 3. The van der Waals surface area contributed by atoms with E-state index < -0.39 is 0 Å². The van der Waals surface area contributed by atoms with Crippen LogP contribution in [0.5, 0.6) is 0 Å². The third-order valence-corrected chi connectivity index (χ3v) is 8.67. The summed E-state index contributed by atoms with van der Waals surface area (Å²) < 4.78 is 0. The Hall–Kier alpha value is -1.95. The minimum absolute atomic E-state index is 0.0131. The second kappa shape index (κ2) is 7.33. The molecule has 6 nitrogen and oxygen atoms in total. The number of fused-ring (bicyclic) bond motifs is 1. The Balaban J connectivity index is 1.34. The molecule has 164 valence electrons. The maximum absolute atomic E-state index is 12.8. The fourth-order valence-corrected chi connectivity index (χ4v) is 6.80. The van der Waals surface area contributed by atoms with Crippen molar-refractivity contribution in [2.75, 3.05) is 49.1 Å². The average molecular weight is 413 g/mol. The van der Waals surface area contributed by atoms with E-state index in [4.69, 9.17) is 5.11 Å². The van der Waals surface area contributed by atoms with E-state index in [2.05, 4.69) is 58.1 Å². The molecule has 4 aliphatic rings. The number of aliphatic hydroxyl groups is 1. The van der Waals surface area contributed by atoms with Gasteiger partial charge in [-0.1, -0.05) is 6.92 Å². The summed E-state index contributed by atoms with van der Waals surface area (Å²) in [4.78, 5) is 20.0. The number of aliphatic hydroxyl groups excluding tert-OH is 1. The van der Waals surface area contributed by atoms with E-state index in [1.54, 1.807) is 0 Å². The summed E-state index contributed by atoms with van der Waals surface area (Å²) >= 11 is 0. The molecule has 3 aliphatic heterocycles. The summed E-state index contributed by atoms with van der Waals surface area (Å²) in [5, 5.41) is 12.0. The lowest BCUT2D eigenvalue weighted by Crippen LogP contribution is -2.82. The van der Waals surface area contributed by atoms with Gasteiger partial charge < -0.3 is 25.1 Å². The molecule has 0 aromatic heterocycles. The van der Waals surface area contributed by atoms with Crippen molar-refractivity contribution in [3.05, 3.63) is 24.3 Å². The minimum Gasteiger partial charge on any atom is -0.395 e. The van der Waals surface area contributed by atoms with E-state index in [0.717, 1.165) is 19.5 Å². The highest BCUT2D eigenvalue weighted by molar-refractivity contribution is 5.76.